The van der Waals surface area contributed by atoms with E-state index < -0.39 is 0 Å². The van der Waals surface area contributed by atoms with Crippen LogP contribution in [0.4, 0.5) is 0 Å². The summed E-state index contributed by atoms with van der Waals surface area (Å²) in [7, 11) is 1.89. The summed E-state index contributed by atoms with van der Waals surface area (Å²) in [5, 5.41) is 8.62. The summed E-state index contributed by atoms with van der Waals surface area (Å²) in [6.45, 7) is 11.0. The Bertz CT molecular complexity index is 1150. The summed E-state index contributed by atoms with van der Waals surface area (Å²) >= 11 is 0. The van der Waals surface area contributed by atoms with Crippen molar-refractivity contribution < 1.29 is 9.53 Å². The summed E-state index contributed by atoms with van der Waals surface area (Å²) < 4.78 is 7.47. The number of carbonyl (C=O) groups excluding carboxylic acids is 1. The maximum absolute atomic E-state index is 11.5. The van der Waals surface area contributed by atoms with Crippen LogP contribution < -0.4 is 0 Å². The Morgan fingerprint density at radius 1 is 1.29 bits per heavy atom. The number of allylic oxidation sites excluding steroid dienone is 5. The number of aliphatic imine (C=N–C) groups is 1. The zero-order chi connectivity index (χ0) is 25.2. The topological polar surface area (TPSA) is 69.4 Å². The highest BCUT2D eigenvalue weighted by Crippen LogP contribution is 2.36. The van der Waals surface area contributed by atoms with Crippen molar-refractivity contribution in [2.75, 3.05) is 13.7 Å². The van der Waals surface area contributed by atoms with Crippen LogP contribution in [0, 0.1) is 5.92 Å². The standard InChI is InChI=1S/C29H36N4O2/c1-6-7-8-17-35-18-15-21(2)27-19-22(3)29(30-5)26(27)10-9-16-33-20-28(31-32-33)25-13-11-24(12-14-25)23(4)34/h6,8,11-15,17,20,22H,1,7,9-10,16,18-19H2,2-5H3. The lowest BCUT2D eigenvalue weighted by molar-refractivity contribution is 0.101. The number of rotatable bonds is 12. The van der Waals surface area contributed by atoms with Crippen molar-refractivity contribution >= 4 is 11.5 Å². The number of benzene rings is 1. The minimum absolute atomic E-state index is 0.0584. The van der Waals surface area contributed by atoms with Crippen molar-refractivity contribution in [1.29, 1.82) is 0 Å². The SMILES string of the molecule is C=CCC=COCC=C(C)C1=C(CCCn2cc(-c3ccc(C(C)=O)cc3)nn2)C(=NC)C(C)C1. The average Bonchev–Trinajstić information content (AvgIpc) is 3.45. The summed E-state index contributed by atoms with van der Waals surface area (Å²) in [5.74, 6) is 0.487. The van der Waals surface area contributed by atoms with Crippen molar-refractivity contribution in [3.05, 3.63) is 83.8 Å². The van der Waals surface area contributed by atoms with Crippen LogP contribution in [0.25, 0.3) is 11.3 Å². The van der Waals surface area contributed by atoms with Gasteiger partial charge in [0.25, 0.3) is 0 Å². The molecule has 0 bridgehead atoms. The molecule has 6 heteroatoms. The highest BCUT2D eigenvalue weighted by molar-refractivity contribution is 6.05. The van der Waals surface area contributed by atoms with E-state index in [0.717, 1.165) is 43.5 Å². The maximum atomic E-state index is 11.5. The number of aryl methyl sites for hydroxylation is 1. The largest absolute Gasteiger partial charge is 0.497 e. The van der Waals surface area contributed by atoms with Gasteiger partial charge in [0.15, 0.2) is 5.78 Å². The highest BCUT2D eigenvalue weighted by Gasteiger charge is 2.27. The second-order valence-electron chi connectivity index (χ2n) is 8.89. The molecule has 184 valence electrons. The predicted molar refractivity (Wildman–Crippen MR) is 143 cm³/mol. The second kappa shape index (κ2) is 12.8. The van der Waals surface area contributed by atoms with Gasteiger partial charge in [-0.15, -0.1) is 11.7 Å². The third kappa shape index (κ3) is 6.98. The molecule has 1 atom stereocenters. The summed E-state index contributed by atoms with van der Waals surface area (Å²) in [5.41, 5.74) is 7.69. The third-order valence-corrected chi connectivity index (χ3v) is 6.29. The lowest BCUT2D eigenvalue weighted by atomic mass is 9.99. The summed E-state index contributed by atoms with van der Waals surface area (Å²) in [6, 6.07) is 7.49. The molecule has 1 aliphatic rings. The number of nitrogens with zero attached hydrogens (tertiary/aromatic N) is 4. The van der Waals surface area contributed by atoms with Crippen molar-refractivity contribution in [3.63, 3.8) is 0 Å². The van der Waals surface area contributed by atoms with Gasteiger partial charge in [0.2, 0.25) is 0 Å². The Balaban J connectivity index is 1.64. The van der Waals surface area contributed by atoms with Gasteiger partial charge in [0.1, 0.15) is 12.3 Å². The molecule has 0 N–H and O–H groups in total. The number of aromatic nitrogens is 3. The average molecular weight is 473 g/mol. The van der Waals surface area contributed by atoms with E-state index in [1.807, 2.05) is 54.3 Å². The molecule has 6 nitrogen and oxygen atoms in total. The first-order chi connectivity index (χ1) is 16.9. The van der Waals surface area contributed by atoms with Gasteiger partial charge in [-0.25, -0.2) is 0 Å². The molecule has 1 aliphatic carbocycles. The molecule has 0 radical (unpaired) electrons. The third-order valence-electron chi connectivity index (χ3n) is 6.29. The van der Waals surface area contributed by atoms with Crippen molar-refractivity contribution in [3.8, 4) is 11.3 Å². The molecule has 1 heterocycles. The van der Waals surface area contributed by atoms with E-state index in [-0.39, 0.29) is 5.78 Å². The minimum Gasteiger partial charge on any atom is -0.497 e. The number of ether oxygens (including phenoxy) is 1. The molecule has 0 spiro atoms. The predicted octanol–water partition coefficient (Wildman–Crippen LogP) is 6.39. The Kier molecular flexibility index (Phi) is 9.53. The molecule has 0 saturated heterocycles. The van der Waals surface area contributed by atoms with Gasteiger partial charge >= 0.3 is 0 Å². The van der Waals surface area contributed by atoms with Crippen LogP contribution in [0.2, 0.25) is 0 Å². The Hall–Kier alpha value is -3.54. The first kappa shape index (κ1) is 26.1. The van der Waals surface area contributed by atoms with Gasteiger partial charge < -0.3 is 4.74 Å². The van der Waals surface area contributed by atoms with Crippen LogP contribution >= 0.6 is 0 Å². The Morgan fingerprint density at radius 2 is 2.06 bits per heavy atom. The molecule has 0 amide bonds. The van der Waals surface area contributed by atoms with Crippen LogP contribution in [0.3, 0.4) is 0 Å². The van der Waals surface area contributed by atoms with Crippen molar-refractivity contribution in [1.82, 2.24) is 15.0 Å². The second-order valence-corrected chi connectivity index (χ2v) is 8.89. The van der Waals surface area contributed by atoms with Gasteiger partial charge in [-0.1, -0.05) is 42.5 Å². The molecule has 0 fully saturated rings. The molecular weight excluding hydrogens is 436 g/mol. The molecule has 35 heavy (non-hydrogen) atoms. The van der Waals surface area contributed by atoms with Gasteiger partial charge in [-0.3, -0.25) is 14.5 Å². The molecule has 1 aromatic heterocycles. The quantitative estimate of drug-likeness (QED) is 0.155. The monoisotopic (exact) mass is 472 g/mol. The van der Waals surface area contributed by atoms with Crippen molar-refractivity contribution in [2.24, 2.45) is 10.9 Å². The molecule has 1 unspecified atom stereocenters. The molecule has 3 rings (SSSR count). The summed E-state index contributed by atoms with van der Waals surface area (Å²) in [4.78, 5) is 16.1. The normalized spacial score (nSPS) is 17.5. The number of hydrogen-bond donors (Lipinski definition) is 0. The van der Waals surface area contributed by atoms with Crippen LogP contribution in [0.5, 0.6) is 0 Å². The van der Waals surface area contributed by atoms with Gasteiger partial charge in [0.05, 0.1) is 12.5 Å². The van der Waals surface area contributed by atoms with Crippen LogP contribution in [0.1, 0.15) is 56.8 Å². The molecule has 0 saturated carbocycles. The van der Waals surface area contributed by atoms with E-state index in [1.165, 1.54) is 22.4 Å². The molecule has 0 aliphatic heterocycles. The van der Waals surface area contributed by atoms with Crippen molar-refractivity contribution in [2.45, 2.75) is 53.0 Å². The Morgan fingerprint density at radius 3 is 2.74 bits per heavy atom. The summed E-state index contributed by atoms with van der Waals surface area (Å²) in [6.07, 6.45) is 13.4. The van der Waals surface area contributed by atoms with E-state index >= 15 is 0 Å². The molecule has 1 aromatic carbocycles. The number of hydrogen-bond acceptors (Lipinski definition) is 5. The first-order valence-corrected chi connectivity index (χ1v) is 12.2. The zero-order valence-corrected chi connectivity index (χ0v) is 21.3. The maximum Gasteiger partial charge on any atom is 0.159 e. The Labute approximate surface area is 208 Å². The first-order valence-electron chi connectivity index (χ1n) is 12.2. The lowest BCUT2D eigenvalue weighted by Gasteiger charge is -2.10. The van der Waals surface area contributed by atoms with Crippen LogP contribution in [-0.4, -0.2) is 40.1 Å². The van der Waals surface area contributed by atoms with Gasteiger partial charge in [-0.2, -0.15) is 0 Å². The zero-order valence-electron chi connectivity index (χ0n) is 21.3. The molecular formula is C29H36N4O2. The number of ketones is 1. The van der Waals surface area contributed by atoms with E-state index in [0.29, 0.717) is 18.1 Å². The van der Waals surface area contributed by atoms with Gasteiger partial charge in [-0.05, 0) is 68.4 Å². The fourth-order valence-corrected chi connectivity index (χ4v) is 4.42. The fraction of sp³-hybridized carbons (Fsp3) is 0.379. The van der Waals surface area contributed by atoms with E-state index in [2.05, 4.69) is 41.8 Å². The van der Waals surface area contributed by atoms with E-state index in [4.69, 9.17) is 4.74 Å². The van der Waals surface area contributed by atoms with Crippen LogP contribution in [0.15, 0.2) is 83.2 Å². The number of carbonyl (C=O) groups is 1. The van der Waals surface area contributed by atoms with Crippen LogP contribution in [-0.2, 0) is 11.3 Å². The smallest absolute Gasteiger partial charge is 0.159 e. The van der Waals surface area contributed by atoms with Gasteiger partial charge in [0, 0.05) is 36.3 Å². The molecule has 2 aromatic rings. The fourth-order valence-electron chi connectivity index (χ4n) is 4.42. The lowest BCUT2D eigenvalue weighted by Crippen LogP contribution is -2.08. The van der Waals surface area contributed by atoms with E-state index in [9.17, 15) is 4.79 Å². The van der Waals surface area contributed by atoms with E-state index in [1.54, 1.807) is 13.2 Å². The number of Topliss-reactive ketones (excluding diaryl/α,β-unsaturated/α-hetero) is 1. The minimum atomic E-state index is 0.0584. The highest BCUT2D eigenvalue weighted by atomic mass is 16.5.